The summed E-state index contributed by atoms with van der Waals surface area (Å²) in [5, 5.41) is 44.2. The van der Waals surface area contributed by atoms with E-state index in [2.05, 4.69) is 16.0 Å². The Hall–Kier alpha value is -4.65. The number of hydrogen-bond acceptors (Lipinski definition) is 8. The van der Waals surface area contributed by atoms with Gasteiger partial charge in [-0.05, 0) is 48.7 Å². The summed E-state index contributed by atoms with van der Waals surface area (Å²) >= 11 is 0. The van der Waals surface area contributed by atoms with Crippen LogP contribution in [0, 0.1) is 0 Å². The van der Waals surface area contributed by atoms with E-state index in [0.717, 1.165) is 0 Å². The van der Waals surface area contributed by atoms with E-state index in [0.29, 0.717) is 11.1 Å². The van der Waals surface area contributed by atoms with Gasteiger partial charge >= 0.3 is 11.9 Å². The van der Waals surface area contributed by atoms with Crippen molar-refractivity contribution in [3.63, 3.8) is 0 Å². The normalized spacial score (nSPS) is 13.8. The van der Waals surface area contributed by atoms with Gasteiger partial charge in [-0.15, -0.1) is 0 Å². The van der Waals surface area contributed by atoms with Crippen molar-refractivity contribution >= 4 is 29.7 Å². The summed E-state index contributed by atoms with van der Waals surface area (Å²) in [7, 11) is 0. The first-order valence-corrected chi connectivity index (χ1v) is 11.5. The standard InChI is InChI=1S/C25H30N4O9/c1-13(27-23(35)18(26)10-14-2-6-16(30)7-3-14)22(34)28-19(12-21(32)33)24(36)29-20(25(37)38)11-15-4-8-17(31)9-5-15/h2-9,13,18-20,30-31H,10-12,26H2,1H3,(H,27,35)(H,28,34)(H,29,36)(H,32,33)(H,37,38). The number of phenols is 2. The second-order valence-electron chi connectivity index (χ2n) is 8.64. The SMILES string of the molecule is CC(NC(=O)C(N)Cc1ccc(O)cc1)C(=O)NC(CC(=O)O)C(=O)NC(Cc1ccc(O)cc1)C(=O)O. The van der Waals surface area contributed by atoms with E-state index in [1.54, 1.807) is 12.1 Å². The van der Waals surface area contributed by atoms with E-state index in [1.165, 1.54) is 43.3 Å². The monoisotopic (exact) mass is 530 g/mol. The molecule has 0 heterocycles. The number of aromatic hydroxyl groups is 2. The van der Waals surface area contributed by atoms with Gasteiger partial charge in [0.1, 0.15) is 29.6 Å². The summed E-state index contributed by atoms with van der Waals surface area (Å²) < 4.78 is 0. The second-order valence-corrected chi connectivity index (χ2v) is 8.64. The molecular formula is C25H30N4O9. The van der Waals surface area contributed by atoms with E-state index < -0.39 is 60.2 Å². The van der Waals surface area contributed by atoms with E-state index in [-0.39, 0.29) is 24.3 Å². The highest BCUT2D eigenvalue weighted by Gasteiger charge is 2.30. The first-order chi connectivity index (χ1) is 17.8. The Morgan fingerprint density at radius 1 is 0.711 bits per heavy atom. The molecule has 13 nitrogen and oxygen atoms in total. The fourth-order valence-corrected chi connectivity index (χ4v) is 3.39. The number of benzene rings is 2. The number of phenolic OH excluding ortho intramolecular Hbond substituents is 2. The molecule has 38 heavy (non-hydrogen) atoms. The minimum atomic E-state index is -1.63. The maximum absolute atomic E-state index is 12.7. The number of aliphatic carboxylic acids is 2. The van der Waals surface area contributed by atoms with Gasteiger partial charge in [0.05, 0.1) is 12.5 Å². The summed E-state index contributed by atoms with van der Waals surface area (Å²) in [6.07, 6.45) is -0.896. The van der Waals surface area contributed by atoms with Crippen LogP contribution in [0.5, 0.6) is 11.5 Å². The Labute approximate surface area is 217 Å². The molecule has 0 fully saturated rings. The molecule has 0 saturated heterocycles. The minimum Gasteiger partial charge on any atom is -0.508 e. The molecule has 3 amide bonds. The zero-order valence-electron chi connectivity index (χ0n) is 20.5. The third-order valence-electron chi connectivity index (χ3n) is 5.48. The van der Waals surface area contributed by atoms with Crippen molar-refractivity contribution in [2.45, 2.75) is 50.4 Å². The van der Waals surface area contributed by atoms with Crippen LogP contribution in [-0.2, 0) is 36.8 Å². The Morgan fingerprint density at radius 3 is 1.66 bits per heavy atom. The maximum Gasteiger partial charge on any atom is 0.326 e. The molecule has 0 aliphatic rings. The highest BCUT2D eigenvalue weighted by atomic mass is 16.4. The predicted octanol–water partition coefficient (Wildman–Crippen LogP) is -0.756. The van der Waals surface area contributed by atoms with Crippen molar-refractivity contribution in [1.82, 2.24) is 16.0 Å². The zero-order valence-corrected chi connectivity index (χ0v) is 20.5. The predicted molar refractivity (Wildman–Crippen MR) is 133 cm³/mol. The smallest absolute Gasteiger partial charge is 0.326 e. The van der Waals surface area contributed by atoms with Crippen LogP contribution in [0.1, 0.15) is 24.5 Å². The van der Waals surface area contributed by atoms with Gasteiger partial charge in [0.15, 0.2) is 0 Å². The maximum atomic E-state index is 12.7. The third kappa shape index (κ3) is 9.43. The van der Waals surface area contributed by atoms with E-state index in [1.807, 2.05) is 0 Å². The third-order valence-corrected chi connectivity index (χ3v) is 5.48. The lowest BCUT2D eigenvalue weighted by Crippen LogP contribution is -2.57. The average molecular weight is 531 g/mol. The van der Waals surface area contributed by atoms with Crippen LogP contribution in [0.15, 0.2) is 48.5 Å². The molecule has 4 unspecified atom stereocenters. The quantitative estimate of drug-likeness (QED) is 0.161. The molecule has 2 aromatic rings. The van der Waals surface area contributed by atoms with Crippen molar-refractivity contribution in [2.75, 3.05) is 0 Å². The number of nitrogens with two attached hydrogens (primary N) is 1. The van der Waals surface area contributed by atoms with E-state index in [9.17, 15) is 44.4 Å². The van der Waals surface area contributed by atoms with Gasteiger partial charge in [0.25, 0.3) is 0 Å². The Balaban J connectivity index is 2.00. The van der Waals surface area contributed by atoms with Crippen LogP contribution in [0.4, 0.5) is 0 Å². The molecule has 0 bridgehead atoms. The number of carbonyl (C=O) groups is 5. The van der Waals surface area contributed by atoms with Crippen molar-refractivity contribution in [2.24, 2.45) is 5.73 Å². The fourth-order valence-electron chi connectivity index (χ4n) is 3.39. The van der Waals surface area contributed by atoms with Gasteiger partial charge in [-0.3, -0.25) is 19.2 Å². The fraction of sp³-hybridized carbons (Fsp3) is 0.320. The molecule has 0 radical (unpaired) electrons. The van der Waals surface area contributed by atoms with Gasteiger partial charge in [0, 0.05) is 6.42 Å². The molecule has 2 rings (SSSR count). The number of hydrogen-bond donors (Lipinski definition) is 8. The Morgan fingerprint density at radius 2 is 1.18 bits per heavy atom. The van der Waals surface area contributed by atoms with Gasteiger partial charge in [-0.25, -0.2) is 4.79 Å². The number of carbonyl (C=O) groups excluding carboxylic acids is 3. The van der Waals surface area contributed by atoms with Gasteiger partial charge in [-0.2, -0.15) is 0 Å². The van der Waals surface area contributed by atoms with Crippen LogP contribution in [0.3, 0.4) is 0 Å². The minimum absolute atomic E-state index is 0.0311. The molecule has 0 aromatic heterocycles. The number of amides is 3. The number of carboxylic acid groups (broad SMARTS) is 2. The van der Waals surface area contributed by atoms with Gasteiger partial charge < -0.3 is 42.1 Å². The average Bonchev–Trinajstić information content (AvgIpc) is 2.85. The van der Waals surface area contributed by atoms with Crippen LogP contribution in [0.2, 0.25) is 0 Å². The lowest BCUT2D eigenvalue weighted by Gasteiger charge is -2.23. The largest absolute Gasteiger partial charge is 0.508 e. The molecule has 4 atom stereocenters. The van der Waals surface area contributed by atoms with E-state index in [4.69, 9.17) is 5.73 Å². The van der Waals surface area contributed by atoms with Crippen molar-refractivity contribution in [3.05, 3.63) is 59.7 Å². The molecular weight excluding hydrogens is 500 g/mol. The summed E-state index contributed by atoms with van der Waals surface area (Å²) in [6, 6.07) is 6.32. The summed E-state index contributed by atoms with van der Waals surface area (Å²) in [5.74, 6) is -5.42. The lowest BCUT2D eigenvalue weighted by atomic mass is 10.0. The van der Waals surface area contributed by atoms with Gasteiger partial charge in [0.2, 0.25) is 17.7 Å². The van der Waals surface area contributed by atoms with Crippen molar-refractivity contribution < 1.29 is 44.4 Å². The molecule has 0 aliphatic heterocycles. The van der Waals surface area contributed by atoms with Crippen molar-refractivity contribution in [1.29, 1.82) is 0 Å². The number of nitrogens with one attached hydrogen (secondary N) is 3. The molecule has 9 N–H and O–H groups in total. The number of carboxylic acids is 2. The summed E-state index contributed by atoms with van der Waals surface area (Å²) in [5.41, 5.74) is 7.04. The Kier molecular flexibility index (Phi) is 10.6. The first-order valence-electron chi connectivity index (χ1n) is 11.5. The topological polar surface area (TPSA) is 228 Å². The number of rotatable bonds is 13. The highest BCUT2D eigenvalue weighted by molar-refractivity contribution is 5.95. The van der Waals surface area contributed by atoms with Crippen LogP contribution >= 0.6 is 0 Å². The zero-order chi connectivity index (χ0) is 28.4. The molecule has 13 heteroatoms. The molecule has 0 aliphatic carbocycles. The van der Waals surface area contributed by atoms with Crippen molar-refractivity contribution in [3.8, 4) is 11.5 Å². The lowest BCUT2D eigenvalue weighted by molar-refractivity contribution is -0.143. The van der Waals surface area contributed by atoms with Crippen LogP contribution in [-0.4, -0.2) is 74.3 Å². The molecule has 204 valence electrons. The first kappa shape index (κ1) is 29.6. The van der Waals surface area contributed by atoms with Crippen LogP contribution in [0.25, 0.3) is 0 Å². The summed E-state index contributed by atoms with van der Waals surface area (Å²) in [6.45, 7) is 1.31. The van der Waals surface area contributed by atoms with Crippen LogP contribution < -0.4 is 21.7 Å². The summed E-state index contributed by atoms with van der Waals surface area (Å²) in [4.78, 5) is 60.8. The second kappa shape index (κ2) is 13.6. The van der Waals surface area contributed by atoms with Gasteiger partial charge in [-0.1, -0.05) is 24.3 Å². The molecule has 0 spiro atoms. The molecule has 0 saturated carbocycles. The Bertz CT molecular complexity index is 1150. The molecule has 2 aromatic carbocycles. The highest BCUT2D eigenvalue weighted by Crippen LogP contribution is 2.12. The van der Waals surface area contributed by atoms with E-state index >= 15 is 0 Å².